The topological polar surface area (TPSA) is 71.3 Å². The van der Waals surface area contributed by atoms with Gasteiger partial charge in [-0.2, -0.15) is 10.2 Å². The van der Waals surface area contributed by atoms with Crippen LogP contribution in [-0.2, 0) is 24.1 Å². The molecule has 3 aromatic rings. The second-order valence-corrected chi connectivity index (χ2v) is 8.19. The van der Waals surface area contributed by atoms with E-state index in [1.165, 1.54) is 16.9 Å². The molecule has 0 amide bonds. The highest BCUT2D eigenvalue weighted by atomic mass is 32.1. The van der Waals surface area contributed by atoms with Crippen LogP contribution in [0, 0.1) is 11.3 Å². The number of benzene rings is 1. The van der Waals surface area contributed by atoms with Crippen LogP contribution >= 0.6 is 11.3 Å². The average Bonchev–Trinajstić information content (AvgIpc) is 3.30. The first-order valence-electron chi connectivity index (χ1n) is 9.59. The van der Waals surface area contributed by atoms with Gasteiger partial charge in [-0.15, -0.1) is 11.3 Å². The summed E-state index contributed by atoms with van der Waals surface area (Å²) in [5, 5.41) is 10.1. The molecule has 6 nitrogen and oxygen atoms in total. The van der Waals surface area contributed by atoms with E-state index in [2.05, 4.69) is 11.0 Å². The highest BCUT2D eigenvalue weighted by molar-refractivity contribution is 7.19. The SMILES string of the molecule is N#Cc1ccc(Oc2nc(CN3CCOCC3)nc3sc4c(c23)CCC4)cc1. The molecule has 7 heteroatoms. The van der Waals surface area contributed by atoms with Gasteiger partial charge in [-0.3, -0.25) is 4.90 Å². The smallest absolute Gasteiger partial charge is 0.231 e. The van der Waals surface area contributed by atoms with Crippen LogP contribution in [0.15, 0.2) is 24.3 Å². The van der Waals surface area contributed by atoms with Gasteiger partial charge in [0.15, 0.2) is 0 Å². The number of aryl methyl sites for hydroxylation is 2. The quantitative estimate of drug-likeness (QED) is 0.675. The molecule has 5 rings (SSSR count). The molecule has 0 unspecified atom stereocenters. The third-order valence-electron chi connectivity index (χ3n) is 5.24. The van der Waals surface area contributed by atoms with Crippen molar-refractivity contribution in [2.24, 2.45) is 0 Å². The van der Waals surface area contributed by atoms with E-state index in [1.54, 1.807) is 23.5 Å². The van der Waals surface area contributed by atoms with Crippen LogP contribution in [0.4, 0.5) is 0 Å². The lowest BCUT2D eigenvalue weighted by molar-refractivity contribution is 0.0330. The Bertz CT molecular complexity index is 1050. The van der Waals surface area contributed by atoms with Crippen LogP contribution in [0.1, 0.15) is 28.2 Å². The number of morpholine rings is 1. The second kappa shape index (κ2) is 7.47. The Balaban J connectivity index is 1.53. The summed E-state index contributed by atoms with van der Waals surface area (Å²) in [5.41, 5.74) is 1.96. The van der Waals surface area contributed by atoms with Gasteiger partial charge in [0.05, 0.1) is 36.8 Å². The largest absolute Gasteiger partial charge is 0.438 e. The number of aromatic nitrogens is 2. The monoisotopic (exact) mass is 392 g/mol. The minimum atomic E-state index is 0.615. The van der Waals surface area contributed by atoms with E-state index in [-0.39, 0.29) is 0 Å². The summed E-state index contributed by atoms with van der Waals surface area (Å²) in [7, 11) is 0. The van der Waals surface area contributed by atoms with Gasteiger partial charge in [0.1, 0.15) is 16.4 Å². The molecule has 0 N–H and O–H groups in total. The van der Waals surface area contributed by atoms with Crippen LogP contribution in [-0.4, -0.2) is 41.2 Å². The molecule has 0 saturated carbocycles. The van der Waals surface area contributed by atoms with Crippen LogP contribution in [0.5, 0.6) is 11.6 Å². The fourth-order valence-corrected chi connectivity index (χ4v) is 5.09. The lowest BCUT2D eigenvalue weighted by Crippen LogP contribution is -2.36. The molecule has 28 heavy (non-hydrogen) atoms. The number of thiophene rings is 1. The van der Waals surface area contributed by atoms with E-state index < -0.39 is 0 Å². The van der Waals surface area contributed by atoms with Crippen LogP contribution in [0.25, 0.3) is 10.2 Å². The van der Waals surface area contributed by atoms with E-state index in [0.717, 1.165) is 55.2 Å². The number of fused-ring (bicyclic) bond motifs is 3. The maximum Gasteiger partial charge on any atom is 0.231 e. The summed E-state index contributed by atoms with van der Waals surface area (Å²) in [6.07, 6.45) is 3.36. The molecular weight excluding hydrogens is 372 g/mol. The van der Waals surface area contributed by atoms with Gasteiger partial charge in [0, 0.05) is 18.0 Å². The molecule has 1 saturated heterocycles. The van der Waals surface area contributed by atoms with Crippen molar-refractivity contribution in [3.63, 3.8) is 0 Å². The molecule has 0 bridgehead atoms. The van der Waals surface area contributed by atoms with Crippen molar-refractivity contribution >= 4 is 21.6 Å². The highest BCUT2D eigenvalue weighted by Gasteiger charge is 2.24. The molecule has 0 radical (unpaired) electrons. The lowest BCUT2D eigenvalue weighted by atomic mass is 10.2. The minimum Gasteiger partial charge on any atom is -0.438 e. The Morgan fingerprint density at radius 2 is 1.96 bits per heavy atom. The zero-order valence-corrected chi connectivity index (χ0v) is 16.3. The van der Waals surface area contributed by atoms with Crippen molar-refractivity contribution in [1.29, 1.82) is 5.26 Å². The van der Waals surface area contributed by atoms with E-state index in [9.17, 15) is 0 Å². The van der Waals surface area contributed by atoms with Gasteiger partial charge in [-0.1, -0.05) is 0 Å². The number of ether oxygens (including phenoxy) is 2. The summed E-state index contributed by atoms with van der Waals surface area (Å²) in [4.78, 5) is 14.4. The molecule has 1 aromatic carbocycles. The fourth-order valence-electron chi connectivity index (χ4n) is 3.82. The number of rotatable bonds is 4. The molecule has 2 aliphatic rings. The number of hydrogen-bond donors (Lipinski definition) is 0. The third-order valence-corrected chi connectivity index (χ3v) is 6.43. The van der Waals surface area contributed by atoms with Crippen molar-refractivity contribution < 1.29 is 9.47 Å². The molecule has 142 valence electrons. The highest BCUT2D eigenvalue weighted by Crippen LogP contribution is 2.41. The van der Waals surface area contributed by atoms with E-state index >= 15 is 0 Å². The van der Waals surface area contributed by atoms with E-state index in [4.69, 9.17) is 24.7 Å². The molecule has 2 aromatic heterocycles. The third kappa shape index (κ3) is 3.35. The molecule has 1 aliphatic carbocycles. The molecule has 0 atom stereocenters. The predicted octanol–water partition coefficient (Wildman–Crippen LogP) is 3.68. The second-order valence-electron chi connectivity index (χ2n) is 7.11. The van der Waals surface area contributed by atoms with Crippen LogP contribution in [0.3, 0.4) is 0 Å². The van der Waals surface area contributed by atoms with Gasteiger partial charge in [0.25, 0.3) is 0 Å². The Morgan fingerprint density at radius 3 is 2.75 bits per heavy atom. The van der Waals surface area contributed by atoms with Crippen LogP contribution in [0.2, 0.25) is 0 Å². The zero-order chi connectivity index (χ0) is 18.9. The molecule has 0 spiro atoms. The summed E-state index contributed by atoms with van der Waals surface area (Å²) in [6.45, 7) is 4.00. The van der Waals surface area contributed by atoms with E-state index in [0.29, 0.717) is 23.7 Å². The minimum absolute atomic E-state index is 0.615. The van der Waals surface area contributed by atoms with Crippen molar-refractivity contribution in [2.45, 2.75) is 25.8 Å². The Morgan fingerprint density at radius 1 is 1.14 bits per heavy atom. The molecule has 1 fully saturated rings. The fraction of sp³-hybridized carbons (Fsp3) is 0.381. The zero-order valence-electron chi connectivity index (χ0n) is 15.5. The Kier molecular flexibility index (Phi) is 4.69. The summed E-state index contributed by atoms with van der Waals surface area (Å²) < 4.78 is 11.6. The molecular formula is C21H20N4O2S. The summed E-state index contributed by atoms with van der Waals surface area (Å²) in [5.74, 6) is 2.12. The van der Waals surface area contributed by atoms with E-state index in [1.807, 2.05) is 12.1 Å². The summed E-state index contributed by atoms with van der Waals surface area (Å²) >= 11 is 1.78. The van der Waals surface area contributed by atoms with Crippen molar-refractivity contribution in [1.82, 2.24) is 14.9 Å². The lowest BCUT2D eigenvalue weighted by Gasteiger charge is -2.25. The standard InChI is InChI=1S/C21H20N4O2S/c22-12-14-4-6-15(7-5-14)27-20-19-16-2-1-3-17(16)28-21(19)24-18(23-20)13-25-8-10-26-11-9-25/h4-7H,1-3,8-11,13H2. The first-order chi connectivity index (χ1) is 13.8. The van der Waals surface area contributed by atoms with Gasteiger partial charge in [0.2, 0.25) is 5.88 Å². The van der Waals surface area contributed by atoms with Gasteiger partial charge < -0.3 is 9.47 Å². The summed E-state index contributed by atoms with van der Waals surface area (Å²) in [6, 6.07) is 9.31. The maximum absolute atomic E-state index is 9.01. The van der Waals surface area contributed by atoms with Gasteiger partial charge >= 0.3 is 0 Å². The number of nitriles is 1. The first kappa shape index (κ1) is 17.6. The normalized spacial score (nSPS) is 16.8. The first-order valence-corrected chi connectivity index (χ1v) is 10.4. The number of hydrogen-bond acceptors (Lipinski definition) is 7. The van der Waals surface area contributed by atoms with Gasteiger partial charge in [-0.25, -0.2) is 4.98 Å². The molecule has 1 aliphatic heterocycles. The van der Waals surface area contributed by atoms with Crippen molar-refractivity contribution in [2.75, 3.05) is 26.3 Å². The average molecular weight is 392 g/mol. The van der Waals surface area contributed by atoms with Gasteiger partial charge in [-0.05, 0) is 49.1 Å². The molecule has 3 heterocycles. The number of nitrogens with zero attached hydrogens (tertiary/aromatic N) is 4. The van der Waals surface area contributed by atoms with Crippen LogP contribution < -0.4 is 4.74 Å². The Labute approximate surface area is 167 Å². The predicted molar refractivity (Wildman–Crippen MR) is 107 cm³/mol. The van der Waals surface area contributed by atoms with Crippen molar-refractivity contribution in [3.8, 4) is 17.7 Å². The maximum atomic E-state index is 9.01. The Hall–Kier alpha value is -2.53. The van der Waals surface area contributed by atoms with Crippen molar-refractivity contribution in [3.05, 3.63) is 46.1 Å².